The second kappa shape index (κ2) is 4.30. The zero-order valence-electron chi connectivity index (χ0n) is 9.76. The summed E-state index contributed by atoms with van der Waals surface area (Å²) in [7, 11) is 0. The van der Waals surface area contributed by atoms with Crippen LogP contribution in [0.4, 0.5) is 0 Å². The SMILES string of the molecule is Cc1noc([C@@H]2CNC[C@@H]2c2ccccc2)n1. The monoisotopic (exact) mass is 229 g/mol. The van der Waals surface area contributed by atoms with Crippen LogP contribution in [0.1, 0.15) is 29.1 Å². The van der Waals surface area contributed by atoms with Gasteiger partial charge in [-0.05, 0) is 12.5 Å². The van der Waals surface area contributed by atoms with E-state index in [1.165, 1.54) is 5.56 Å². The maximum atomic E-state index is 5.30. The van der Waals surface area contributed by atoms with Gasteiger partial charge in [-0.3, -0.25) is 0 Å². The molecule has 0 bridgehead atoms. The Morgan fingerprint density at radius 1 is 1.18 bits per heavy atom. The van der Waals surface area contributed by atoms with E-state index in [0.29, 0.717) is 17.7 Å². The molecule has 1 aliphatic heterocycles. The van der Waals surface area contributed by atoms with Crippen molar-refractivity contribution >= 4 is 0 Å². The Morgan fingerprint density at radius 3 is 2.65 bits per heavy atom. The molecule has 88 valence electrons. The van der Waals surface area contributed by atoms with Crippen LogP contribution in [0, 0.1) is 6.92 Å². The number of nitrogens with one attached hydrogen (secondary N) is 1. The lowest BCUT2D eigenvalue weighted by atomic mass is 9.89. The Balaban J connectivity index is 1.90. The van der Waals surface area contributed by atoms with Crippen molar-refractivity contribution in [3.63, 3.8) is 0 Å². The number of aromatic nitrogens is 2. The molecule has 4 nitrogen and oxygen atoms in total. The molecule has 1 N–H and O–H groups in total. The first kappa shape index (κ1) is 10.5. The molecule has 1 aromatic carbocycles. The fourth-order valence-electron chi connectivity index (χ4n) is 2.45. The van der Waals surface area contributed by atoms with Gasteiger partial charge in [0.15, 0.2) is 5.82 Å². The van der Waals surface area contributed by atoms with Gasteiger partial charge in [-0.25, -0.2) is 0 Å². The predicted molar refractivity (Wildman–Crippen MR) is 63.8 cm³/mol. The third-order valence-corrected chi connectivity index (χ3v) is 3.30. The molecule has 17 heavy (non-hydrogen) atoms. The molecule has 1 aromatic heterocycles. The minimum absolute atomic E-state index is 0.290. The number of hydrogen-bond donors (Lipinski definition) is 1. The molecule has 3 rings (SSSR count). The number of hydrogen-bond acceptors (Lipinski definition) is 4. The highest BCUT2D eigenvalue weighted by molar-refractivity contribution is 5.25. The molecule has 1 aliphatic rings. The first-order valence-corrected chi connectivity index (χ1v) is 5.90. The molecule has 0 radical (unpaired) electrons. The van der Waals surface area contributed by atoms with E-state index in [1.54, 1.807) is 0 Å². The zero-order chi connectivity index (χ0) is 11.7. The summed E-state index contributed by atoms with van der Waals surface area (Å²) in [5.41, 5.74) is 1.33. The van der Waals surface area contributed by atoms with Crippen LogP contribution in [0.15, 0.2) is 34.9 Å². The fraction of sp³-hybridized carbons (Fsp3) is 0.385. The highest BCUT2D eigenvalue weighted by atomic mass is 16.5. The zero-order valence-corrected chi connectivity index (χ0v) is 9.76. The highest BCUT2D eigenvalue weighted by Gasteiger charge is 2.33. The quantitative estimate of drug-likeness (QED) is 0.853. The molecule has 0 spiro atoms. The Morgan fingerprint density at radius 2 is 1.94 bits per heavy atom. The number of rotatable bonds is 2. The molecule has 0 amide bonds. The summed E-state index contributed by atoms with van der Waals surface area (Å²) < 4.78 is 5.30. The lowest BCUT2D eigenvalue weighted by Crippen LogP contribution is -2.09. The van der Waals surface area contributed by atoms with Gasteiger partial charge in [0.2, 0.25) is 5.89 Å². The summed E-state index contributed by atoms with van der Waals surface area (Å²) in [5.74, 6) is 2.18. The topological polar surface area (TPSA) is 51.0 Å². The molecule has 1 fully saturated rings. The summed E-state index contributed by atoms with van der Waals surface area (Å²) >= 11 is 0. The second-order valence-corrected chi connectivity index (χ2v) is 4.46. The Kier molecular flexibility index (Phi) is 2.65. The predicted octanol–water partition coefficient (Wildman–Crippen LogP) is 1.85. The lowest BCUT2D eigenvalue weighted by molar-refractivity contribution is 0.348. The third kappa shape index (κ3) is 1.96. The Hall–Kier alpha value is -1.68. The minimum Gasteiger partial charge on any atom is -0.339 e. The average molecular weight is 229 g/mol. The molecule has 0 unspecified atom stereocenters. The van der Waals surface area contributed by atoms with E-state index in [4.69, 9.17) is 4.52 Å². The first-order chi connectivity index (χ1) is 8.34. The second-order valence-electron chi connectivity index (χ2n) is 4.46. The standard InChI is InChI=1S/C13H15N3O/c1-9-15-13(17-16-9)12-8-14-7-11(12)10-5-3-2-4-6-10/h2-6,11-12,14H,7-8H2,1H3/t11-,12-/m1/s1. The summed E-state index contributed by atoms with van der Waals surface area (Å²) in [6, 6.07) is 10.5. The largest absolute Gasteiger partial charge is 0.339 e. The Bertz CT molecular complexity index is 494. The van der Waals surface area contributed by atoms with E-state index in [1.807, 2.05) is 13.0 Å². The van der Waals surface area contributed by atoms with Crippen molar-refractivity contribution < 1.29 is 4.52 Å². The minimum atomic E-state index is 0.290. The molecular formula is C13H15N3O. The molecule has 0 aliphatic carbocycles. The average Bonchev–Trinajstić information content (AvgIpc) is 2.98. The van der Waals surface area contributed by atoms with E-state index in [-0.39, 0.29) is 0 Å². The maximum Gasteiger partial charge on any atom is 0.231 e. The maximum absolute atomic E-state index is 5.30. The van der Waals surface area contributed by atoms with Crippen LogP contribution in [0.25, 0.3) is 0 Å². The van der Waals surface area contributed by atoms with Crippen LogP contribution >= 0.6 is 0 Å². The molecule has 1 saturated heterocycles. The smallest absolute Gasteiger partial charge is 0.231 e. The van der Waals surface area contributed by atoms with E-state index >= 15 is 0 Å². The van der Waals surface area contributed by atoms with Gasteiger partial charge in [-0.2, -0.15) is 4.98 Å². The molecule has 2 aromatic rings. The van der Waals surface area contributed by atoms with Gasteiger partial charge in [0.25, 0.3) is 0 Å². The normalized spacial score (nSPS) is 24.1. The summed E-state index contributed by atoms with van der Waals surface area (Å²) in [5, 5.41) is 7.28. The van der Waals surface area contributed by atoms with Gasteiger partial charge < -0.3 is 9.84 Å². The number of aryl methyl sites for hydroxylation is 1. The van der Waals surface area contributed by atoms with Gasteiger partial charge in [0.05, 0.1) is 5.92 Å². The molecule has 2 atom stereocenters. The van der Waals surface area contributed by atoms with E-state index < -0.39 is 0 Å². The van der Waals surface area contributed by atoms with Gasteiger partial charge >= 0.3 is 0 Å². The summed E-state index contributed by atoms with van der Waals surface area (Å²) in [6.07, 6.45) is 0. The number of nitrogens with zero attached hydrogens (tertiary/aromatic N) is 2. The van der Waals surface area contributed by atoms with Crippen molar-refractivity contribution in [1.29, 1.82) is 0 Å². The van der Waals surface area contributed by atoms with E-state index in [0.717, 1.165) is 19.0 Å². The van der Waals surface area contributed by atoms with Crippen molar-refractivity contribution in [1.82, 2.24) is 15.5 Å². The van der Waals surface area contributed by atoms with Crippen molar-refractivity contribution in [3.8, 4) is 0 Å². The first-order valence-electron chi connectivity index (χ1n) is 5.90. The van der Waals surface area contributed by atoms with Crippen molar-refractivity contribution in [2.24, 2.45) is 0 Å². The van der Waals surface area contributed by atoms with Crippen LogP contribution in [-0.2, 0) is 0 Å². The third-order valence-electron chi connectivity index (χ3n) is 3.30. The molecule has 4 heteroatoms. The van der Waals surface area contributed by atoms with Crippen molar-refractivity contribution in [2.45, 2.75) is 18.8 Å². The van der Waals surface area contributed by atoms with Crippen LogP contribution in [-0.4, -0.2) is 23.2 Å². The summed E-state index contributed by atoms with van der Waals surface area (Å²) in [4.78, 5) is 4.35. The summed E-state index contributed by atoms with van der Waals surface area (Å²) in [6.45, 7) is 3.73. The van der Waals surface area contributed by atoms with E-state index in [2.05, 4.69) is 39.7 Å². The van der Waals surface area contributed by atoms with Crippen LogP contribution in [0.2, 0.25) is 0 Å². The molecule has 2 heterocycles. The van der Waals surface area contributed by atoms with E-state index in [9.17, 15) is 0 Å². The molecular weight excluding hydrogens is 214 g/mol. The van der Waals surface area contributed by atoms with Gasteiger partial charge in [0.1, 0.15) is 0 Å². The highest BCUT2D eigenvalue weighted by Crippen LogP contribution is 2.34. The van der Waals surface area contributed by atoms with Gasteiger partial charge in [-0.15, -0.1) is 0 Å². The fourth-order valence-corrected chi connectivity index (χ4v) is 2.45. The lowest BCUT2D eigenvalue weighted by Gasteiger charge is -2.14. The van der Waals surface area contributed by atoms with Gasteiger partial charge in [0, 0.05) is 19.0 Å². The van der Waals surface area contributed by atoms with Gasteiger partial charge in [-0.1, -0.05) is 35.5 Å². The van der Waals surface area contributed by atoms with Crippen molar-refractivity contribution in [2.75, 3.05) is 13.1 Å². The van der Waals surface area contributed by atoms with Crippen LogP contribution in [0.3, 0.4) is 0 Å². The Labute approximate surface area is 100 Å². The van der Waals surface area contributed by atoms with Crippen LogP contribution < -0.4 is 5.32 Å². The van der Waals surface area contributed by atoms with Crippen molar-refractivity contribution in [3.05, 3.63) is 47.6 Å². The van der Waals surface area contributed by atoms with Crippen LogP contribution in [0.5, 0.6) is 0 Å². The molecule has 0 saturated carbocycles. The number of benzene rings is 1.